The molecule has 0 aliphatic heterocycles. The molecule has 0 aliphatic carbocycles. The SMILES string of the molecule is CCCCC(=O)Nc1cc(C(=O)OC)ccc1Cl. The highest BCUT2D eigenvalue weighted by Crippen LogP contribution is 2.23. The van der Waals surface area contributed by atoms with E-state index in [4.69, 9.17) is 11.6 Å². The fourth-order valence-corrected chi connectivity index (χ4v) is 1.58. The van der Waals surface area contributed by atoms with Gasteiger partial charge in [0.05, 0.1) is 23.4 Å². The lowest BCUT2D eigenvalue weighted by Crippen LogP contribution is -2.12. The van der Waals surface area contributed by atoms with Crippen molar-refractivity contribution in [3.8, 4) is 0 Å². The largest absolute Gasteiger partial charge is 0.465 e. The number of rotatable bonds is 5. The number of hydrogen-bond donors (Lipinski definition) is 1. The molecule has 5 heteroatoms. The van der Waals surface area contributed by atoms with E-state index in [-0.39, 0.29) is 5.91 Å². The van der Waals surface area contributed by atoms with Crippen molar-refractivity contribution in [3.05, 3.63) is 28.8 Å². The molecule has 1 amide bonds. The number of benzene rings is 1. The molecule has 0 saturated heterocycles. The highest BCUT2D eigenvalue weighted by molar-refractivity contribution is 6.33. The molecule has 4 nitrogen and oxygen atoms in total. The average molecular weight is 270 g/mol. The van der Waals surface area contributed by atoms with Gasteiger partial charge in [0, 0.05) is 6.42 Å². The van der Waals surface area contributed by atoms with Gasteiger partial charge in [-0.05, 0) is 24.6 Å². The first kappa shape index (κ1) is 14.5. The molecule has 0 spiro atoms. The standard InChI is InChI=1S/C13H16ClNO3/c1-3-4-5-12(16)15-11-8-9(13(17)18-2)6-7-10(11)14/h6-8H,3-5H2,1-2H3,(H,15,16). The molecule has 0 atom stereocenters. The summed E-state index contributed by atoms with van der Waals surface area (Å²) in [5, 5.41) is 3.08. The van der Waals surface area contributed by atoms with Crippen LogP contribution >= 0.6 is 11.6 Å². The van der Waals surface area contributed by atoms with Gasteiger partial charge in [-0.1, -0.05) is 24.9 Å². The molecule has 0 fully saturated rings. The van der Waals surface area contributed by atoms with E-state index in [1.165, 1.54) is 13.2 Å². The Bertz CT molecular complexity index is 446. The second kappa shape index (κ2) is 7.01. The van der Waals surface area contributed by atoms with Crippen LogP contribution in [0.15, 0.2) is 18.2 Å². The lowest BCUT2D eigenvalue weighted by Gasteiger charge is -2.08. The van der Waals surface area contributed by atoms with Gasteiger partial charge in [0.1, 0.15) is 0 Å². The van der Waals surface area contributed by atoms with Gasteiger partial charge in [0.15, 0.2) is 0 Å². The lowest BCUT2D eigenvalue weighted by atomic mass is 10.2. The smallest absolute Gasteiger partial charge is 0.337 e. The van der Waals surface area contributed by atoms with Crippen molar-refractivity contribution < 1.29 is 14.3 Å². The zero-order chi connectivity index (χ0) is 13.5. The van der Waals surface area contributed by atoms with Gasteiger partial charge >= 0.3 is 5.97 Å². The van der Waals surface area contributed by atoms with E-state index in [1.807, 2.05) is 6.92 Å². The third-order valence-corrected chi connectivity index (χ3v) is 2.75. The first-order valence-corrected chi connectivity index (χ1v) is 6.14. The van der Waals surface area contributed by atoms with Crippen LogP contribution in [0.4, 0.5) is 5.69 Å². The molecule has 0 saturated carbocycles. The van der Waals surface area contributed by atoms with Crippen LogP contribution in [0.1, 0.15) is 36.5 Å². The van der Waals surface area contributed by atoms with E-state index in [0.29, 0.717) is 22.7 Å². The molecule has 98 valence electrons. The van der Waals surface area contributed by atoms with E-state index in [0.717, 1.165) is 12.8 Å². The Hall–Kier alpha value is -1.55. The van der Waals surface area contributed by atoms with Crippen molar-refractivity contribution in [1.82, 2.24) is 0 Å². The molecule has 0 radical (unpaired) electrons. The number of carbonyl (C=O) groups is 2. The second-order valence-corrected chi connectivity index (χ2v) is 4.25. The Morgan fingerprint density at radius 1 is 1.39 bits per heavy atom. The van der Waals surface area contributed by atoms with E-state index in [2.05, 4.69) is 10.1 Å². The highest BCUT2D eigenvalue weighted by Gasteiger charge is 2.10. The van der Waals surface area contributed by atoms with Crippen LogP contribution in [0.2, 0.25) is 5.02 Å². The minimum Gasteiger partial charge on any atom is -0.465 e. The number of anilines is 1. The maximum absolute atomic E-state index is 11.6. The third kappa shape index (κ3) is 4.04. The summed E-state index contributed by atoms with van der Waals surface area (Å²) in [4.78, 5) is 22.9. The van der Waals surface area contributed by atoms with Gasteiger partial charge in [0.25, 0.3) is 0 Å². The summed E-state index contributed by atoms with van der Waals surface area (Å²) < 4.78 is 4.61. The van der Waals surface area contributed by atoms with Crippen LogP contribution in [-0.2, 0) is 9.53 Å². The maximum Gasteiger partial charge on any atom is 0.337 e. The number of methoxy groups -OCH3 is 1. The van der Waals surface area contributed by atoms with Crippen molar-refractivity contribution in [2.75, 3.05) is 12.4 Å². The van der Waals surface area contributed by atoms with Crippen LogP contribution in [0.5, 0.6) is 0 Å². The predicted octanol–water partition coefficient (Wildman–Crippen LogP) is 3.26. The monoisotopic (exact) mass is 269 g/mol. The van der Waals surface area contributed by atoms with E-state index < -0.39 is 5.97 Å². The number of carbonyl (C=O) groups excluding carboxylic acids is 2. The highest BCUT2D eigenvalue weighted by atomic mass is 35.5. The molecule has 0 bridgehead atoms. The quantitative estimate of drug-likeness (QED) is 0.835. The average Bonchev–Trinajstić information content (AvgIpc) is 2.38. The maximum atomic E-state index is 11.6. The Morgan fingerprint density at radius 3 is 2.72 bits per heavy atom. The summed E-state index contributed by atoms with van der Waals surface area (Å²) in [5.74, 6) is -0.573. The third-order valence-electron chi connectivity index (χ3n) is 2.42. The Balaban J connectivity index is 2.81. The van der Waals surface area contributed by atoms with Crippen LogP contribution in [-0.4, -0.2) is 19.0 Å². The van der Waals surface area contributed by atoms with Crippen molar-refractivity contribution in [1.29, 1.82) is 0 Å². The molecule has 0 heterocycles. The molecule has 0 aliphatic rings. The molecule has 1 aromatic carbocycles. The number of amides is 1. The van der Waals surface area contributed by atoms with Crippen LogP contribution in [0, 0.1) is 0 Å². The molecule has 0 unspecified atom stereocenters. The Kier molecular flexibility index (Phi) is 5.65. The van der Waals surface area contributed by atoms with Crippen molar-refractivity contribution in [3.63, 3.8) is 0 Å². The zero-order valence-electron chi connectivity index (χ0n) is 10.5. The number of esters is 1. The van der Waals surface area contributed by atoms with Gasteiger partial charge in [-0.3, -0.25) is 4.79 Å². The molecular formula is C13H16ClNO3. The molecule has 1 rings (SSSR count). The summed E-state index contributed by atoms with van der Waals surface area (Å²) in [5.41, 5.74) is 0.786. The first-order valence-electron chi connectivity index (χ1n) is 5.76. The lowest BCUT2D eigenvalue weighted by molar-refractivity contribution is -0.116. The summed E-state index contributed by atoms with van der Waals surface area (Å²) in [6, 6.07) is 4.62. The van der Waals surface area contributed by atoms with Crippen molar-refractivity contribution >= 4 is 29.2 Å². The van der Waals surface area contributed by atoms with Crippen LogP contribution in [0.3, 0.4) is 0 Å². The number of nitrogens with one attached hydrogen (secondary N) is 1. The Morgan fingerprint density at radius 2 is 2.11 bits per heavy atom. The summed E-state index contributed by atoms with van der Waals surface area (Å²) >= 11 is 5.96. The normalized spacial score (nSPS) is 9.94. The van der Waals surface area contributed by atoms with Crippen LogP contribution in [0.25, 0.3) is 0 Å². The van der Waals surface area contributed by atoms with Gasteiger partial charge in [-0.2, -0.15) is 0 Å². The first-order chi connectivity index (χ1) is 8.58. The van der Waals surface area contributed by atoms with E-state index in [1.54, 1.807) is 12.1 Å². The van der Waals surface area contributed by atoms with E-state index in [9.17, 15) is 9.59 Å². The van der Waals surface area contributed by atoms with Gasteiger partial charge < -0.3 is 10.1 Å². The van der Waals surface area contributed by atoms with Crippen LogP contribution < -0.4 is 5.32 Å². The molecule has 1 N–H and O–H groups in total. The topological polar surface area (TPSA) is 55.4 Å². The fraction of sp³-hybridized carbons (Fsp3) is 0.385. The fourth-order valence-electron chi connectivity index (χ4n) is 1.42. The molecular weight excluding hydrogens is 254 g/mol. The van der Waals surface area contributed by atoms with Gasteiger partial charge in [0.2, 0.25) is 5.91 Å². The van der Waals surface area contributed by atoms with Crippen molar-refractivity contribution in [2.24, 2.45) is 0 Å². The van der Waals surface area contributed by atoms with Gasteiger partial charge in [-0.25, -0.2) is 4.79 Å². The predicted molar refractivity (Wildman–Crippen MR) is 70.9 cm³/mol. The number of unbranched alkanes of at least 4 members (excludes halogenated alkanes) is 1. The zero-order valence-corrected chi connectivity index (χ0v) is 11.2. The molecule has 1 aromatic rings. The molecule has 0 aromatic heterocycles. The molecule has 18 heavy (non-hydrogen) atoms. The number of ether oxygens (including phenoxy) is 1. The van der Waals surface area contributed by atoms with Crippen molar-refractivity contribution in [2.45, 2.75) is 26.2 Å². The minimum absolute atomic E-state index is 0.110. The van der Waals surface area contributed by atoms with E-state index >= 15 is 0 Å². The Labute approximate surface area is 111 Å². The summed E-state index contributed by atoms with van der Waals surface area (Å²) in [7, 11) is 1.30. The number of halogens is 1. The second-order valence-electron chi connectivity index (χ2n) is 3.84. The van der Waals surface area contributed by atoms with Gasteiger partial charge in [-0.15, -0.1) is 0 Å². The number of hydrogen-bond acceptors (Lipinski definition) is 3. The minimum atomic E-state index is -0.462. The summed E-state index contributed by atoms with van der Waals surface area (Å²) in [6.45, 7) is 2.01. The summed E-state index contributed by atoms with van der Waals surface area (Å²) in [6.07, 6.45) is 2.21.